The lowest BCUT2D eigenvalue weighted by atomic mass is 10.1. The molecule has 68 valence electrons. The van der Waals surface area contributed by atoms with Gasteiger partial charge in [0.2, 0.25) is 0 Å². The van der Waals surface area contributed by atoms with Crippen LogP contribution in [0.1, 0.15) is 40.0 Å². The number of nitrogens with two attached hydrogens (primary N) is 1. The molecule has 1 unspecified atom stereocenters. The zero-order valence-corrected chi connectivity index (χ0v) is 7.97. The SMILES string of the molecule is CCCC(OCC)[C@H](N)CC. The summed E-state index contributed by atoms with van der Waals surface area (Å²) in [6.07, 6.45) is 3.52. The molecule has 0 saturated carbocycles. The molecule has 0 heterocycles. The first-order valence-electron chi connectivity index (χ1n) is 4.63. The zero-order valence-electron chi connectivity index (χ0n) is 7.97. The summed E-state index contributed by atoms with van der Waals surface area (Å²) in [5, 5.41) is 0. The fourth-order valence-electron chi connectivity index (χ4n) is 1.18. The minimum absolute atomic E-state index is 0.217. The van der Waals surface area contributed by atoms with Gasteiger partial charge in [-0.1, -0.05) is 20.3 Å². The van der Waals surface area contributed by atoms with Crippen molar-refractivity contribution < 1.29 is 4.74 Å². The van der Waals surface area contributed by atoms with Gasteiger partial charge >= 0.3 is 0 Å². The molecule has 0 bridgehead atoms. The molecule has 0 aromatic rings. The first kappa shape index (κ1) is 10.9. The maximum absolute atomic E-state index is 5.86. The molecule has 0 aliphatic heterocycles. The van der Waals surface area contributed by atoms with Gasteiger partial charge in [0.25, 0.3) is 0 Å². The van der Waals surface area contributed by atoms with E-state index in [0.717, 1.165) is 25.9 Å². The Kier molecular flexibility index (Phi) is 6.57. The van der Waals surface area contributed by atoms with Crippen molar-refractivity contribution in [2.24, 2.45) is 5.73 Å². The van der Waals surface area contributed by atoms with Gasteiger partial charge in [0.15, 0.2) is 0 Å². The first-order chi connectivity index (χ1) is 5.26. The Morgan fingerprint density at radius 2 is 1.91 bits per heavy atom. The summed E-state index contributed by atoms with van der Waals surface area (Å²) in [7, 11) is 0. The lowest BCUT2D eigenvalue weighted by Gasteiger charge is -2.21. The summed E-state index contributed by atoms with van der Waals surface area (Å²) in [6, 6.07) is 0.217. The first-order valence-corrected chi connectivity index (χ1v) is 4.63. The van der Waals surface area contributed by atoms with Crippen LogP contribution in [-0.2, 0) is 4.74 Å². The smallest absolute Gasteiger partial charge is 0.0725 e. The molecule has 0 spiro atoms. The Morgan fingerprint density at radius 1 is 1.27 bits per heavy atom. The fourth-order valence-corrected chi connectivity index (χ4v) is 1.18. The van der Waals surface area contributed by atoms with Crippen molar-refractivity contribution in [2.45, 2.75) is 52.2 Å². The van der Waals surface area contributed by atoms with Crippen LogP contribution in [-0.4, -0.2) is 18.8 Å². The minimum atomic E-state index is 0.217. The molecule has 11 heavy (non-hydrogen) atoms. The van der Waals surface area contributed by atoms with Gasteiger partial charge in [-0.2, -0.15) is 0 Å². The Morgan fingerprint density at radius 3 is 2.27 bits per heavy atom. The Hall–Kier alpha value is -0.0800. The molecule has 0 aromatic carbocycles. The summed E-state index contributed by atoms with van der Waals surface area (Å²) in [4.78, 5) is 0. The van der Waals surface area contributed by atoms with E-state index in [2.05, 4.69) is 13.8 Å². The Labute approximate surface area is 70.1 Å². The van der Waals surface area contributed by atoms with Gasteiger partial charge in [-0.15, -0.1) is 0 Å². The van der Waals surface area contributed by atoms with E-state index in [4.69, 9.17) is 10.5 Å². The predicted octanol–water partition coefficient (Wildman–Crippen LogP) is 1.93. The quantitative estimate of drug-likeness (QED) is 0.642. The summed E-state index contributed by atoms with van der Waals surface area (Å²) < 4.78 is 5.51. The van der Waals surface area contributed by atoms with Crippen molar-refractivity contribution in [1.82, 2.24) is 0 Å². The highest BCUT2D eigenvalue weighted by molar-refractivity contribution is 4.71. The lowest BCUT2D eigenvalue weighted by molar-refractivity contribution is 0.0369. The van der Waals surface area contributed by atoms with Crippen molar-refractivity contribution in [3.05, 3.63) is 0 Å². The number of hydrogen-bond donors (Lipinski definition) is 1. The molecule has 0 aromatic heterocycles. The van der Waals surface area contributed by atoms with E-state index >= 15 is 0 Å². The summed E-state index contributed by atoms with van der Waals surface area (Å²) in [5.41, 5.74) is 5.86. The Bertz CT molecular complexity index is 79.6. The Balaban J connectivity index is 3.66. The molecule has 0 rings (SSSR count). The third-order valence-corrected chi connectivity index (χ3v) is 1.90. The number of ether oxygens (including phenoxy) is 1. The van der Waals surface area contributed by atoms with Gasteiger partial charge in [0, 0.05) is 12.6 Å². The third-order valence-electron chi connectivity index (χ3n) is 1.90. The molecular formula is C9H21NO. The number of hydrogen-bond acceptors (Lipinski definition) is 2. The molecule has 0 aliphatic rings. The van der Waals surface area contributed by atoms with Crippen LogP contribution in [0.25, 0.3) is 0 Å². The molecular weight excluding hydrogens is 138 g/mol. The van der Waals surface area contributed by atoms with Crippen LogP contribution in [0.3, 0.4) is 0 Å². The van der Waals surface area contributed by atoms with Crippen molar-refractivity contribution in [1.29, 1.82) is 0 Å². The highest BCUT2D eigenvalue weighted by atomic mass is 16.5. The van der Waals surface area contributed by atoms with E-state index < -0.39 is 0 Å². The van der Waals surface area contributed by atoms with E-state index in [-0.39, 0.29) is 12.1 Å². The largest absolute Gasteiger partial charge is 0.377 e. The summed E-state index contributed by atoms with van der Waals surface area (Å²) in [6.45, 7) is 7.06. The van der Waals surface area contributed by atoms with Crippen LogP contribution < -0.4 is 5.73 Å². The fraction of sp³-hybridized carbons (Fsp3) is 1.00. The highest BCUT2D eigenvalue weighted by Crippen LogP contribution is 2.07. The zero-order chi connectivity index (χ0) is 8.69. The minimum Gasteiger partial charge on any atom is -0.377 e. The molecule has 0 saturated heterocycles. The average molecular weight is 159 g/mol. The molecule has 0 fully saturated rings. The third kappa shape index (κ3) is 4.38. The molecule has 2 atom stereocenters. The predicted molar refractivity (Wildman–Crippen MR) is 48.6 cm³/mol. The number of rotatable bonds is 6. The van der Waals surface area contributed by atoms with Crippen molar-refractivity contribution >= 4 is 0 Å². The molecule has 2 heteroatoms. The van der Waals surface area contributed by atoms with Crippen LogP contribution in [0.2, 0.25) is 0 Å². The standard InChI is InChI=1S/C9H21NO/c1-4-7-9(11-6-3)8(10)5-2/h8-9H,4-7,10H2,1-3H3/t8-,9?/m1/s1. The van der Waals surface area contributed by atoms with Crippen molar-refractivity contribution in [3.8, 4) is 0 Å². The molecule has 0 radical (unpaired) electrons. The van der Waals surface area contributed by atoms with Crippen LogP contribution in [0.4, 0.5) is 0 Å². The second-order valence-electron chi connectivity index (χ2n) is 2.85. The molecule has 2 N–H and O–H groups in total. The monoisotopic (exact) mass is 159 g/mol. The van der Waals surface area contributed by atoms with Gasteiger partial charge in [-0.25, -0.2) is 0 Å². The normalized spacial score (nSPS) is 16.4. The van der Waals surface area contributed by atoms with Gasteiger partial charge in [-0.05, 0) is 19.8 Å². The van der Waals surface area contributed by atoms with Crippen LogP contribution >= 0.6 is 0 Å². The second kappa shape index (κ2) is 6.62. The second-order valence-corrected chi connectivity index (χ2v) is 2.85. The van der Waals surface area contributed by atoms with Gasteiger partial charge in [-0.3, -0.25) is 0 Å². The van der Waals surface area contributed by atoms with Crippen LogP contribution in [0.5, 0.6) is 0 Å². The average Bonchev–Trinajstić information content (AvgIpc) is 2.03. The molecule has 0 amide bonds. The maximum atomic E-state index is 5.86. The highest BCUT2D eigenvalue weighted by Gasteiger charge is 2.14. The van der Waals surface area contributed by atoms with Gasteiger partial charge < -0.3 is 10.5 Å². The van der Waals surface area contributed by atoms with E-state index in [1.165, 1.54) is 0 Å². The van der Waals surface area contributed by atoms with Crippen molar-refractivity contribution in [3.63, 3.8) is 0 Å². The van der Waals surface area contributed by atoms with E-state index in [9.17, 15) is 0 Å². The molecule has 2 nitrogen and oxygen atoms in total. The summed E-state index contributed by atoms with van der Waals surface area (Å²) in [5.74, 6) is 0. The lowest BCUT2D eigenvalue weighted by Crippen LogP contribution is -2.36. The molecule has 0 aliphatic carbocycles. The van der Waals surface area contributed by atoms with Crippen LogP contribution in [0, 0.1) is 0 Å². The summed E-state index contributed by atoms with van der Waals surface area (Å²) >= 11 is 0. The van der Waals surface area contributed by atoms with Gasteiger partial charge in [0.05, 0.1) is 6.10 Å². The maximum Gasteiger partial charge on any atom is 0.0725 e. The van der Waals surface area contributed by atoms with Crippen LogP contribution in [0.15, 0.2) is 0 Å². The van der Waals surface area contributed by atoms with E-state index in [0.29, 0.717) is 0 Å². The topological polar surface area (TPSA) is 35.2 Å². The van der Waals surface area contributed by atoms with E-state index in [1.54, 1.807) is 0 Å². The van der Waals surface area contributed by atoms with E-state index in [1.807, 2.05) is 6.92 Å². The van der Waals surface area contributed by atoms with Gasteiger partial charge in [0.1, 0.15) is 0 Å². The van der Waals surface area contributed by atoms with Crippen molar-refractivity contribution in [2.75, 3.05) is 6.61 Å².